The van der Waals surface area contributed by atoms with Gasteiger partial charge in [-0.05, 0) is 60.2 Å². The lowest BCUT2D eigenvalue weighted by atomic mass is 10.2. The largest absolute Gasteiger partial charge is 0.497 e. The average molecular weight is 415 g/mol. The van der Waals surface area contributed by atoms with Gasteiger partial charge in [-0.2, -0.15) is 0 Å². The van der Waals surface area contributed by atoms with Gasteiger partial charge in [0, 0.05) is 17.8 Å². The number of hydrogen-bond donors (Lipinski definition) is 1. The zero-order valence-corrected chi connectivity index (χ0v) is 16.6. The van der Waals surface area contributed by atoms with Gasteiger partial charge in [0.05, 0.1) is 18.1 Å². The quantitative estimate of drug-likeness (QED) is 0.428. The van der Waals surface area contributed by atoms with Crippen molar-refractivity contribution >= 4 is 17.0 Å². The van der Waals surface area contributed by atoms with Gasteiger partial charge in [0.1, 0.15) is 17.9 Å². The Hall–Kier alpha value is -4.20. The van der Waals surface area contributed by atoms with Crippen molar-refractivity contribution in [2.75, 3.05) is 12.4 Å². The normalized spacial score (nSPS) is 11.0. The SMILES string of the molecule is COc1ccc(-n2cnc3ccc(-c4nnc(NCc5cccc(F)c5)o4)cc32)cc1. The monoisotopic (exact) mass is 415 g/mol. The van der Waals surface area contributed by atoms with Gasteiger partial charge in [-0.15, -0.1) is 5.10 Å². The Morgan fingerprint density at radius 1 is 1.03 bits per heavy atom. The smallest absolute Gasteiger partial charge is 0.316 e. The summed E-state index contributed by atoms with van der Waals surface area (Å²) in [6.07, 6.45) is 1.77. The molecular formula is C23H18FN5O2. The van der Waals surface area contributed by atoms with Crippen molar-refractivity contribution in [3.63, 3.8) is 0 Å². The molecule has 0 aliphatic carbocycles. The number of nitrogens with zero attached hydrogens (tertiary/aromatic N) is 4. The minimum Gasteiger partial charge on any atom is -0.497 e. The Bertz CT molecular complexity index is 1340. The first-order valence-electron chi connectivity index (χ1n) is 9.63. The van der Waals surface area contributed by atoms with Crippen LogP contribution in [0.2, 0.25) is 0 Å². The van der Waals surface area contributed by atoms with Gasteiger partial charge < -0.3 is 14.5 Å². The van der Waals surface area contributed by atoms with E-state index in [0.717, 1.165) is 33.6 Å². The van der Waals surface area contributed by atoms with Crippen molar-refractivity contribution in [2.45, 2.75) is 6.54 Å². The lowest BCUT2D eigenvalue weighted by Gasteiger charge is -2.06. The summed E-state index contributed by atoms with van der Waals surface area (Å²) in [7, 11) is 1.64. The van der Waals surface area contributed by atoms with Crippen LogP contribution in [0.3, 0.4) is 0 Å². The second-order valence-electron chi connectivity index (χ2n) is 6.91. The lowest BCUT2D eigenvalue weighted by molar-refractivity contribution is 0.415. The molecule has 0 radical (unpaired) electrons. The van der Waals surface area contributed by atoms with Crippen LogP contribution in [0.1, 0.15) is 5.56 Å². The Labute approximate surface area is 177 Å². The molecule has 1 N–H and O–H groups in total. The van der Waals surface area contributed by atoms with E-state index in [4.69, 9.17) is 9.15 Å². The highest BCUT2D eigenvalue weighted by atomic mass is 19.1. The summed E-state index contributed by atoms with van der Waals surface area (Å²) in [4.78, 5) is 4.47. The van der Waals surface area contributed by atoms with E-state index in [1.54, 1.807) is 19.5 Å². The molecule has 0 fully saturated rings. The van der Waals surface area contributed by atoms with Crippen LogP contribution >= 0.6 is 0 Å². The molecule has 5 aromatic rings. The third-order valence-corrected chi connectivity index (χ3v) is 4.90. The van der Waals surface area contributed by atoms with Crippen LogP contribution in [0.4, 0.5) is 10.4 Å². The number of hydrogen-bond acceptors (Lipinski definition) is 6. The maximum Gasteiger partial charge on any atom is 0.316 e. The average Bonchev–Trinajstić information content (AvgIpc) is 3.45. The number of ether oxygens (including phenoxy) is 1. The Kier molecular flexibility index (Phi) is 4.80. The van der Waals surface area contributed by atoms with Crippen molar-refractivity contribution in [1.82, 2.24) is 19.7 Å². The third kappa shape index (κ3) is 3.83. The zero-order chi connectivity index (χ0) is 21.2. The molecule has 0 saturated heterocycles. The van der Waals surface area contributed by atoms with E-state index < -0.39 is 0 Å². The van der Waals surface area contributed by atoms with Crippen LogP contribution in [0, 0.1) is 5.82 Å². The second kappa shape index (κ2) is 7.91. The van der Waals surface area contributed by atoms with Gasteiger partial charge in [0.15, 0.2) is 0 Å². The molecule has 0 saturated carbocycles. The van der Waals surface area contributed by atoms with E-state index in [-0.39, 0.29) is 11.8 Å². The van der Waals surface area contributed by atoms with E-state index >= 15 is 0 Å². The van der Waals surface area contributed by atoms with Crippen LogP contribution in [0.5, 0.6) is 5.75 Å². The molecule has 0 atom stereocenters. The molecule has 0 unspecified atom stereocenters. The summed E-state index contributed by atoms with van der Waals surface area (Å²) in [6.45, 7) is 0.378. The van der Waals surface area contributed by atoms with Gasteiger partial charge >= 0.3 is 6.01 Å². The van der Waals surface area contributed by atoms with Gasteiger partial charge in [0.2, 0.25) is 5.89 Å². The molecular weight excluding hydrogens is 397 g/mol. The molecule has 7 nitrogen and oxygen atoms in total. The Balaban J connectivity index is 1.40. The number of anilines is 1. The predicted octanol–water partition coefficient (Wildman–Crippen LogP) is 4.84. The third-order valence-electron chi connectivity index (χ3n) is 4.90. The maximum atomic E-state index is 13.3. The van der Waals surface area contributed by atoms with Gasteiger partial charge in [-0.25, -0.2) is 9.37 Å². The van der Waals surface area contributed by atoms with E-state index in [2.05, 4.69) is 20.5 Å². The standard InChI is InChI=1S/C23H18FN5O2/c1-30-19-8-6-18(7-9-19)29-14-26-20-10-5-16(12-21(20)29)22-27-28-23(31-22)25-13-15-3-2-4-17(24)11-15/h2-12,14H,13H2,1H3,(H,25,28). The molecule has 0 amide bonds. The second-order valence-corrected chi connectivity index (χ2v) is 6.91. The molecule has 0 bridgehead atoms. The van der Waals surface area contributed by atoms with Gasteiger partial charge in [-0.1, -0.05) is 17.2 Å². The van der Waals surface area contributed by atoms with Crippen molar-refractivity contribution in [3.8, 4) is 22.9 Å². The fourth-order valence-electron chi connectivity index (χ4n) is 3.33. The van der Waals surface area contributed by atoms with Crippen LogP contribution in [0.25, 0.3) is 28.2 Å². The number of halogens is 1. The van der Waals surface area contributed by atoms with Crippen LogP contribution < -0.4 is 10.1 Å². The Morgan fingerprint density at radius 2 is 1.90 bits per heavy atom. The van der Waals surface area contributed by atoms with Crippen molar-refractivity contribution < 1.29 is 13.5 Å². The van der Waals surface area contributed by atoms with Crippen LogP contribution in [0.15, 0.2) is 77.5 Å². The number of benzene rings is 3. The number of aromatic nitrogens is 4. The molecule has 0 aliphatic heterocycles. The molecule has 2 heterocycles. The van der Waals surface area contributed by atoms with Crippen molar-refractivity contribution in [3.05, 3.63) is 84.4 Å². The molecule has 0 spiro atoms. The molecule has 2 aromatic heterocycles. The van der Waals surface area contributed by atoms with Crippen LogP contribution in [-0.4, -0.2) is 26.9 Å². The molecule has 3 aromatic carbocycles. The summed E-state index contributed by atoms with van der Waals surface area (Å²) < 4.78 is 26.3. The highest BCUT2D eigenvalue weighted by Crippen LogP contribution is 2.26. The first kappa shape index (κ1) is 18.8. The summed E-state index contributed by atoms with van der Waals surface area (Å²) in [5.41, 5.74) is 4.28. The van der Waals surface area contributed by atoms with E-state index in [1.165, 1.54) is 12.1 Å². The number of imidazole rings is 1. The molecule has 8 heteroatoms. The maximum absolute atomic E-state index is 13.3. The van der Waals surface area contributed by atoms with E-state index in [9.17, 15) is 4.39 Å². The predicted molar refractivity (Wildman–Crippen MR) is 115 cm³/mol. The van der Waals surface area contributed by atoms with Gasteiger partial charge in [0.25, 0.3) is 0 Å². The van der Waals surface area contributed by atoms with E-state index in [1.807, 2.05) is 53.1 Å². The molecule has 31 heavy (non-hydrogen) atoms. The summed E-state index contributed by atoms with van der Waals surface area (Å²) in [6, 6.07) is 20.1. The fraction of sp³-hybridized carbons (Fsp3) is 0.0870. The Morgan fingerprint density at radius 3 is 2.71 bits per heavy atom. The lowest BCUT2D eigenvalue weighted by Crippen LogP contribution is -1.99. The molecule has 0 aliphatic rings. The van der Waals surface area contributed by atoms with Crippen LogP contribution in [-0.2, 0) is 6.54 Å². The minimum absolute atomic E-state index is 0.267. The zero-order valence-electron chi connectivity index (χ0n) is 16.6. The number of nitrogens with one attached hydrogen (secondary N) is 1. The highest BCUT2D eigenvalue weighted by Gasteiger charge is 2.12. The fourth-order valence-corrected chi connectivity index (χ4v) is 3.33. The number of fused-ring (bicyclic) bond motifs is 1. The summed E-state index contributed by atoms with van der Waals surface area (Å²) in [5.74, 6) is 0.886. The minimum atomic E-state index is -0.285. The van der Waals surface area contributed by atoms with E-state index in [0.29, 0.717) is 12.4 Å². The molecule has 5 rings (SSSR count). The topological polar surface area (TPSA) is 78.0 Å². The molecule has 154 valence electrons. The summed E-state index contributed by atoms with van der Waals surface area (Å²) in [5, 5.41) is 11.2. The first-order valence-corrected chi connectivity index (χ1v) is 9.63. The highest BCUT2D eigenvalue weighted by molar-refractivity contribution is 5.82. The number of methoxy groups -OCH3 is 1. The van der Waals surface area contributed by atoms with Gasteiger partial charge in [-0.3, -0.25) is 4.57 Å². The summed E-state index contributed by atoms with van der Waals surface area (Å²) >= 11 is 0. The van der Waals surface area contributed by atoms with Crippen molar-refractivity contribution in [2.24, 2.45) is 0 Å². The first-order chi connectivity index (χ1) is 15.2. The van der Waals surface area contributed by atoms with Crippen molar-refractivity contribution in [1.29, 1.82) is 0 Å². The number of rotatable bonds is 6.